The molecule has 19 heavy (non-hydrogen) atoms. The Bertz CT molecular complexity index is 420. The Morgan fingerprint density at radius 3 is 2.53 bits per heavy atom. The summed E-state index contributed by atoms with van der Waals surface area (Å²) in [4.78, 5) is 9.94. The molecule has 1 aromatic rings. The third kappa shape index (κ3) is 5.16. The fourth-order valence-corrected chi connectivity index (χ4v) is 2.24. The molecule has 0 atom stereocenters. The zero-order valence-corrected chi connectivity index (χ0v) is 13.4. The van der Waals surface area contributed by atoms with E-state index >= 15 is 0 Å². The van der Waals surface area contributed by atoms with Crippen LogP contribution in [0.5, 0.6) is 0 Å². The van der Waals surface area contributed by atoms with Gasteiger partial charge in [0.25, 0.3) is 0 Å². The molecule has 0 spiro atoms. The van der Waals surface area contributed by atoms with Crippen molar-refractivity contribution in [1.29, 1.82) is 0 Å². The maximum absolute atomic E-state index is 5.36. The highest BCUT2D eigenvalue weighted by Crippen LogP contribution is 2.15. The molecule has 5 nitrogen and oxygen atoms in total. The molecule has 0 aliphatic carbocycles. The van der Waals surface area contributed by atoms with E-state index in [1.54, 1.807) is 25.5 Å². The first-order valence-electron chi connectivity index (χ1n) is 6.30. The van der Waals surface area contributed by atoms with Gasteiger partial charge >= 0.3 is 0 Å². The van der Waals surface area contributed by atoms with Crippen LogP contribution in [-0.4, -0.2) is 37.2 Å². The Morgan fingerprint density at radius 2 is 2.05 bits per heavy atom. The van der Waals surface area contributed by atoms with Crippen LogP contribution in [0.2, 0.25) is 0 Å². The first-order valence-corrected chi connectivity index (χ1v) is 7.12. The Morgan fingerprint density at radius 1 is 1.37 bits per heavy atom. The summed E-state index contributed by atoms with van der Waals surface area (Å²) >= 11 is 1.71. The Kier molecular flexibility index (Phi) is 5.75. The number of thiazole rings is 1. The van der Waals surface area contributed by atoms with Crippen molar-refractivity contribution >= 4 is 17.3 Å². The molecule has 108 valence electrons. The number of hydrogen-bond acceptors (Lipinski definition) is 4. The van der Waals surface area contributed by atoms with Crippen LogP contribution < -0.4 is 10.6 Å². The molecular weight excluding hydrogens is 260 g/mol. The normalized spacial score (nSPS) is 12.6. The van der Waals surface area contributed by atoms with Crippen molar-refractivity contribution in [1.82, 2.24) is 15.6 Å². The van der Waals surface area contributed by atoms with Crippen molar-refractivity contribution in [3.63, 3.8) is 0 Å². The lowest BCUT2D eigenvalue weighted by molar-refractivity contribution is 0.0268. The molecule has 1 rings (SSSR count). The van der Waals surface area contributed by atoms with Crippen LogP contribution in [0.1, 0.15) is 29.4 Å². The number of rotatable bonds is 5. The monoisotopic (exact) mass is 284 g/mol. The first-order chi connectivity index (χ1) is 8.88. The van der Waals surface area contributed by atoms with Crippen molar-refractivity contribution in [2.24, 2.45) is 4.99 Å². The fourth-order valence-electron chi connectivity index (χ4n) is 1.36. The summed E-state index contributed by atoms with van der Waals surface area (Å²) in [5.41, 5.74) is 0.886. The molecule has 6 heteroatoms. The highest BCUT2D eigenvalue weighted by molar-refractivity contribution is 7.11. The maximum Gasteiger partial charge on any atom is 0.191 e. The van der Waals surface area contributed by atoms with Crippen LogP contribution in [0.3, 0.4) is 0 Å². The van der Waals surface area contributed by atoms with Crippen molar-refractivity contribution in [2.75, 3.05) is 20.7 Å². The summed E-state index contributed by atoms with van der Waals surface area (Å²) in [7, 11) is 3.46. The number of aliphatic imine (C=N–C) groups is 1. The molecule has 0 aliphatic rings. The quantitative estimate of drug-likeness (QED) is 0.640. The van der Waals surface area contributed by atoms with E-state index in [0.717, 1.165) is 16.7 Å². The van der Waals surface area contributed by atoms with Gasteiger partial charge in [-0.05, 0) is 27.7 Å². The van der Waals surface area contributed by atoms with Crippen LogP contribution in [-0.2, 0) is 11.3 Å². The molecule has 0 unspecified atom stereocenters. The predicted octanol–water partition coefficient (Wildman–Crippen LogP) is 1.85. The van der Waals surface area contributed by atoms with Crippen LogP contribution >= 0.6 is 11.3 Å². The molecule has 0 aliphatic heterocycles. The molecule has 0 fully saturated rings. The summed E-state index contributed by atoms with van der Waals surface area (Å²) in [6, 6.07) is 0. The number of ether oxygens (including phenoxy) is 1. The van der Waals surface area contributed by atoms with E-state index in [9.17, 15) is 0 Å². The van der Waals surface area contributed by atoms with E-state index in [2.05, 4.69) is 27.5 Å². The Hall–Kier alpha value is -1.14. The molecule has 0 saturated heterocycles. The molecule has 0 saturated carbocycles. The lowest BCUT2D eigenvalue weighted by Gasteiger charge is -2.24. The number of guanidine groups is 1. The van der Waals surface area contributed by atoms with Gasteiger partial charge in [-0.25, -0.2) is 4.98 Å². The molecule has 0 bridgehead atoms. The second kappa shape index (κ2) is 6.86. The number of aromatic nitrogens is 1. The summed E-state index contributed by atoms with van der Waals surface area (Å²) < 4.78 is 5.36. The highest BCUT2D eigenvalue weighted by Gasteiger charge is 2.16. The first kappa shape index (κ1) is 15.9. The van der Waals surface area contributed by atoms with Gasteiger partial charge in [0, 0.05) is 25.6 Å². The number of hydrogen-bond donors (Lipinski definition) is 2. The van der Waals surface area contributed by atoms with E-state index in [4.69, 9.17) is 4.74 Å². The maximum atomic E-state index is 5.36. The van der Waals surface area contributed by atoms with Gasteiger partial charge in [-0.3, -0.25) is 4.99 Å². The van der Waals surface area contributed by atoms with Gasteiger partial charge in [-0.2, -0.15) is 0 Å². The van der Waals surface area contributed by atoms with E-state index in [-0.39, 0.29) is 5.60 Å². The second-order valence-electron chi connectivity index (χ2n) is 4.99. The molecule has 1 aromatic heterocycles. The molecule has 0 amide bonds. The van der Waals surface area contributed by atoms with Crippen molar-refractivity contribution in [3.05, 3.63) is 15.6 Å². The standard InChI is InChI=1S/C13H24N4OS/c1-9-10(2)19-11(17-9)7-15-12(14-5)16-8-13(3,4)18-6/h7-8H2,1-6H3,(H2,14,15,16). The SMILES string of the molecule is CN=C(NCc1nc(C)c(C)s1)NCC(C)(C)OC. The van der Waals surface area contributed by atoms with Gasteiger partial charge in [0.2, 0.25) is 0 Å². The Labute approximate surface area is 119 Å². The molecule has 0 aromatic carbocycles. The van der Waals surface area contributed by atoms with E-state index < -0.39 is 0 Å². The zero-order chi connectivity index (χ0) is 14.5. The van der Waals surface area contributed by atoms with Crippen molar-refractivity contribution in [2.45, 2.75) is 39.8 Å². The van der Waals surface area contributed by atoms with E-state index in [1.165, 1.54) is 4.88 Å². The van der Waals surface area contributed by atoms with Gasteiger partial charge < -0.3 is 15.4 Å². The summed E-state index contributed by atoms with van der Waals surface area (Å²) in [5, 5.41) is 7.57. The van der Waals surface area contributed by atoms with E-state index in [0.29, 0.717) is 13.1 Å². The van der Waals surface area contributed by atoms with Gasteiger partial charge in [-0.15, -0.1) is 11.3 Å². The van der Waals surface area contributed by atoms with Crippen LogP contribution in [0.25, 0.3) is 0 Å². The highest BCUT2D eigenvalue weighted by atomic mass is 32.1. The van der Waals surface area contributed by atoms with Crippen molar-refractivity contribution in [3.8, 4) is 0 Å². The lowest BCUT2D eigenvalue weighted by Crippen LogP contribution is -2.45. The zero-order valence-electron chi connectivity index (χ0n) is 12.6. The lowest BCUT2D eigenvalue weighted by atomic mass is 10.1. The van der Waals surface area contributed by atoms with Gasteiger partial charge in [-0.1, -0.05) is 0 Å². The topological polar surface area (TPSA) is 58.5 Å². The average molecular weight is 284 g/mol. The second-order valence-corrected chi connectivity index (χ2v) is 6.28. The minimum absolute atomic E-state index is 0.216. The average Bonchev–Trinajstić information content (AvgIpc) is 2.69. The van der Waals surface area contributed by atoms with Crippen LogP contribution in [0, 0.1) is 13.8 Å². The smallest absolute Gasteiger partial charge is 0.191 e. The van der Waals surface area contributed by atoms with Crippen LogP contribution in [0.4, 0.5) is 0 Å². The third-order valence-corrected chi connectivity index (χ3v) is 4.01. The van der Waals surface area contributed by atoms with Crippen molar-refractivity contribution < 1.29 is 4.74 Å². The summed E-state index contributed by atoms with van der Waals surface area (Å²) in [6.07, 6.45) is 0. The number of aryl methyl sites for hydroxylation is 2. The van der Waals surface area contributed by atoms with E-state index in [1.807, 2.05) is 20.8 Å². The molecule has 1 heterocycles. The summed E-state index contributed by atoms with van der Waals surface area (Å²) in [6.45, 7) is 9.56. The molecule has 2 N–H and O–H groups in total. The van der Waals surface area contributed by atoms with Gasteiger partial charge in [0.15, 0.2) is 5.96 Å². The van der Waals surface area contributed by atoms with Gasteiger partial charge in [0.05, 0.1) is 17.8 Å². The minimum Gasteiger partial charge on any atom is -0.377 e. The minimum atomic E-state index is -0.216. The van der Waals surface area contributed by atoms with Gasteiger partial charge in [0.1, 0.15) is 5.01 Å². The number of nitrogens with one attached hydrogen (secondary N) is 2. The number of methoxy groups -OCH3 is 1. The molecule has 0 radical (unpaired) electrons. The largest absolute Gasteiger partial charge is 0.377 e. The predicted molar refractivity (Wildman–Crippen MR) is 80.9 cm³/mol. The summed E-state index contributed by atoms with van der Waals surface area (Å²) in [5.74, 6) is 0.760. The fraction of sp³-hybridized carbons (Fsp3) is 0.692. The number of nitrogens with zero attached hydrogens (tertiary/aromatic N) is 2. The third-order valence-electron chi connectivity index (χ3n) is 2.94. The molecular formula is C13H24N4OS. The Balaban J connectivity index is 2.46. The van der Waals surface area contributed by atoms with Crippen LogP contribution in [0.15, 0.2) is 4.99 Å².